The molecule has 2 aromatic rings. The predicted octanol–water partition coefficient (Wildman–Crippen LogP) is 2.77. The van der Waals surface area contributed by atoms with Gasteiger partial charge in [0.2, 0.25) is 0 Å². The first-order valence-electron chi connectivity index (χ1n) is 6.21. The summed E-state index contributed by atoms with van der Waals surface area (Å²) in [6, 6.07) is 10.1. The highest BCUT2D eigenvalue weighted by atomic mass is 16.7. The van der Waals surface area contributed by atoms with Crippen LogP contribution in [-0.2, 0) is 0 Å². The summed E-state index contributed by atoms with van der Waals surface area (Å²) in [6.07, 6.45) is 8.43. The fourth-order valence-electron chi connectivity index (χ4n) is 2.21. The normalized spacial score (nSPS) is 11.0. The highest BCUT2D eigenvalue weighted by Crippen LogP contribution is 2.30. The molecular weight excluding hydrogens is 252 g/mol. The second kappa shape index (κ2) is 4.31. The fourth-order valence-corrected chi connectivity index (χ4v) is 2.21. The first-order chi connectivity index (χ1) is 9.90. The standard InChI is InChI=1S/C15H10N4O/c1-2-4-13-11(3-1)12-5-8-19(10-14(12)18-13)20-15-9-16-6-7-17-15/h1-10H. The second-order valence-electron chi connectivity index (χ2n) is 4.37. The lowest BCUT2D eigenvalue weighted by Crippen LogP contribution is -2.06. The van der Waals surface area contributed by atoms with E-state index in [2.05, 4.69) is 21.0 Å². The number of aromatic nitrogens is 4. The summed E-state index contributed by atoms with van der Waals surface area (Å²) in [7, 11) is 0. The van der Waals surface area contributed by atoms with E-state index in [1.807, 2.05) is 36.7 Å². The van der Waals surface area contributed by atoms with Crippen molar-refractivity contribution in [3.63, 3.8) is 0 Å². The number of nitrogens with zero attached hydrogens (tertiary/aromatic N) is 4. The number of benzene rings is 1. The number of hydrogen-bond donors (Lipinski definition) is 0. The summed E-state index contributed by atoms with van der Waals surface area (Å²) in [5.74, 6) is 0.438. The molecule has 96 valence electrons. The van der Waals surface area contributed by atoms with Crippen LogP contribution in [0.2, 0.25) is 0 Å². The van der Waals surface area contributed by atoms with Gasteiger partial charge in [0.1, 0.15) is 0 Å². The molecule has 0 saturated carbocycles. The Balaban J connectivity index is 1.79. The van der Waals surface area contributed by atoms with E-state index in [-0.39, 0.29) is 0 Å². The third kappa shape index (κ3) is 1.76. The van der Waals surface area contributed by atoms with Crippen LogP contribution >= 0.6 is 0 Å². The van der Waals surface area contributed by atoms with Gasteiger partial charge in [-0.15, -0.1) is 0 Å². The molecule has 0 radical (unpaired) electrons. The van der Waals surface area contributed by atoms with E-state index in [0.29, 0.717) is 5.88 Å². The van der Waals surface area contributed by atoms with Crippen LogP contribution in [0.5, 0.6) is 5.88 Å². The molecule has 5 heteroatoms. The Kier molecular flexibility index (Phi) is 2.35. The van der Waals surface area contributed by atoms with E-state index >= 15 is 0 Å². The third-order valence-electron chi connectivity index (χ3n) is 3.09. The average molecular weight is 262 g/mol. The van der Waals surface area contributed by atoms with Crippen molar-refractivity contribution >= 4 is 10.9 Å². The lowest BCUT2D eigenvalue weighted by atomic mass is 10.1. The van der Waals surface area contributed by atoms with Crippen LogP contribution < -0.4 is 4.84 Å². The van der Waals surface area contributed by atoms with Crippen LogP contribution in [0.4, 0.5) is 0 Å². The van der Waals surface area contributed by atoms with Crippen LogP contribution in [0.3, 0.4) is 0 Å². The first-order valence-corrected chi connectivity index (χ1v) is 6.21. The van der Waals surface area contributed by atoms with E-state index < -0.39 is 0 Å². The molecular formula is C15H10N4O. The molecule has 1 aromatic carbocycles. The molecule has 2 aliphatic heterocycles. The van der Waals surface area contributed by atoms with Crippen LogP contribution in [0.1, 0.15) is 0 Å². The lowest BCUT2D eigenvalue weighted by Gasteiger charge is -2.08. The molecule has 0 amide bonds. The Bertz CT molecular complexity index is 841. The maximum atomic E-state index is 5.59. The number of rotatable bonds is 2. The van der Waals surface area contributed by atoms with Gasteiger partial charge in [0.15, 0.2) is 0 Å². The zero-order valence-electron chi connectivity index (χ0n) is 10.5. The Morgan fingerprint density at radius 1 is 1.05 bits per heavy atom. The molecule has 3 heterocycles. The second-order valence-corrected chi connectivity index (χ2v) is 4.37. The zero-order valence-corrected chi connectivity index (χ0v) is 10.5. The predicted molar refractivity (Wildman–Crippen MR) is 74.4 cm³/mol. The summed E-state index contributed by atoms with van der Waals surface area (Å²) in [5, 5.41) is 1.15. The molecule has 5 nitrogen and oxygen atoms in total. The Labute approximate surface area is 114 Å². The van der Waals surface area contributed by atoms with Gasteiger partial charge >= 0.3 is 0 Å². The van der Waals surface area contributed by atoms with Crippen molar-refractivity contribution in [2.75, 3.05) is 0 Å². The monoisotopic (exact) mass is 262 g/mol. The SMILES string of the molecule is c1ccc2c3ccn(Oc4cnccn4)cc-3nc2c1. The van der Waals surface area contributed by atoms with Gasteiger partial charge in [0.05, 0.1) is 23.6 Å². The van der Waals surface area contributed by atoms with Crippen LogP contribution in [0.15, 0.2) is 61.3 Å². The minimum atomic E-state index is 0.438. The van der Waals surface area contributed by atoms with Crippen molar-refractivity contribution < 1.29 is 4.84 Å². The van der Waals surface area contributed by atoms with Crippen molar-refractivity contribution in [2.24, 2.45) is 0 Å². The Hall–Kier alpha value is -2.95. The van der Waals surface area contributed by atoms with Crippen molar-refractivity contribution in [3.8, 4) is 17.1 Å². The fraction of sp³-hybridized carbons (Fsp3) is 0. The van der Waals surface area contributed by atoms with E-state index in [9.17, 15) is 0 Å². The number of para-hydroxylation sites is 1. The molecule has 0 aliphatic carbocycles. The van der Waals surface area contributed by atoms with Crippen molar-refractivity contribution in [1.29, 1.82) is 0 Å². The Morgan fingerprint density at radius 2 is 2.00 bits per heavy atom. The van der Waals surface area contributed by atoms with E-state index in [4.69, 9.17) is 4.84 Å². The highest BCUT2D eigenvalue weighted by Gasteiger charge is 2.11. The van der Waals surface area contributed by atoms with Crippen molar-refractivity contribution in [3.05, 3.63) is 61.3 Å². The molecule has 0 bridgehead atoms. The minimum absolute atomic E-state index is 0.438. The zero-order chi connectivity index (χ0) is 13.4. The number of fused-ring (bicyclic) bond motifs is 3. The summed E-state index contributed by atoms with van der Waals surface area (Å²) in [4.78, 5) is 18.2. The largest absolute Gasteiger partial charge is 0.354 e. The van der Waals surface area contributed by atoms with Crippen molar-refractivity contribution in [2.45, 2.75) is 0 Å². The summed E-state index contributed by atoms with van der Waals surface area (Å²) >= 11 is 0. The van der Waals surface area contributed by atoms with E-state index in [1.54, 1.807) is 23.3 Å². The average Bonchev–Trinajstić information content (AvgIpc) is 2.86. The topological polar surface area (TPSA) is 52.8 Å². The smallest absolute Gasteiger partial charge is 0.264 e. The van der Waals surface area contributed by atoms with Gasteiger partial charge in [0.25, 0.3) is 5.88 Å². The van der Waals surface area contributed by atoms with E-state index in [1.165, 1.54) is 0 Å². The molecule has 0 atom stereocenters. The third-order valence-corrected chi connectivity index (χ3v) is 3.09. The molecule has 0 spiro atoms. The van der Waals surface area contributed by atoms with Gasteiger partial charge in [-0.3, -0.25) is 4.98 Å². The van der Waals surface area contributed by atoms with Gasteiger partial charge in [-0.05, 0) is 12.1 Å². The molecule has 2 aliphatic rings. The molecule has 0 fully saturated rings. The van der Waals surface area contributed by atoms with Crippen LogP contribution in [0, 0.1) is 0 Å². The van der Waals surface area contributed by atoms with E-state index in [0.717, 1.165) is 22.2 Å². The van der Waals surface area contributed by atoms with Gasteiger partial charge in [0, 0.05) is 29.5 Å². The minimum Gasteiger partial charge on any atom is -0.354 e. The molecule has 0 saturated heterocycles. The lowest BCUT2D eigenvalue weighted by molar-refractivity contribution is 0.203. The van der Waals surface area contributed by atoms with Gasteiger partial charge in [-0.2, -0.15) is 4.73 Å². The Morgan fingerprint density at radius 3 is 2.90 bits per heavy atom. The van der Waals surface area contributed by atoms with Gasteiger partial charge < -0.3 is 4.84 Å². The maximum absolute atomic E-state index is 5.59. The molecule has 0 N–H and O–H groups in total. The molecule has 20 heavy (non-hydrogen) atoms. The van der Waals surface area contributed by atoms with Gasteiger partial charge in [-0.1, -0.05) is 18.2 Å². The molecule has 0 unspecified atom stereocenters. The number of pyridine rings is 1. The molecule has 4 rings (SSSR count). The summed E-state index contributed by atoms with van der Waals surface area (Å²) < 4.78 is 1.58. The van der Waals surface area contributed by atoms with Crippen LogP contribution in [-0.4, -0.2) is 19.7 Å². The maximum Gasteiger partial charge on any atom is 0.264 e. The summed E-state index contributed by atoms with van der Waals surface area (Å²) in [6.45, 7) is 0. The molecule has 1 aromatic heterocycles. The summed E-state index contributed by atoms with van der Waals surface area (Å²) in [5.41, 5.74) is 2.98. The number of hydrogen-bond acceptors (Lipinski definition) is 4. The van der Waals surface area contributed by atoms with Gasteiger partial charge in [-0.25, -0.2) is 9.97 Å². The first kappa shape index (κ1) is 10.9. The quantitative estimate of drug-likeness (QED) is 0.557. The van der Waals surface area contributed by atoms with Crippen LogP contribution in [0.25, 0.3) is 22.2 Å². The van der Waals surface area contributed by atoms with Crippen molar-refractivity contribution in [1.82, 2.24) is 19.7 Å². The highest BCUT2D eigenvalue weighted by molar-refractivity contribution is 5.96.